The quantitative estimate of drug-likeness (QED) is 0.792. The van der Waals surface area contributed by atoms with E-state index in [-0.39, 0.29) is 11.0 Å². The molecule has 0 saturated heterocycles. The minimum atomic E-state index is -1.09. The van der Waals surface area contributed by atoms with Crippen LogP contribution in [0, 0.1) is 11.2 Å². The molecule has 0 spiro atoms. The molecule has 1 amide bonds. The van der Waals surface area contributed by atoms with Gasteiger partial charge in [0.05, 0.1) is 5.56 Å². The van der Waals surface area contributed by atoms with E-state index in [1.165, 1.54) is 24.3 Å². The van der Waals surface area contributed by atoms with Crippen LogP contribution in [0.15, 0.2) is 24.3 Å². The number of carboxylic acids is 1. The number of hydrogen-bond donors (Lipinski definition) is 2. The highest BCUT2D eigenvalue weighted by molar-refractivity contribution is 5.95. The molecular formula is C16H18FNO3. The first-order valence-corrected chi connectivity index (χ1v) is 6.94. The van der Waals surface area contributed by atoms with Crippen molar-refractivity contribution in [2.24, 2.45) is 5.41 Å². The van der Waals surface area contributed by atoms with Crippen LogP contribution < -0.4 is 5.32 Å². The number of carbonyl (C=O) groups is 2. The van der Waals surface area contributed by atoms with E-state index in [1.54, 1.807) is 0 Å². The fourth-order valence-corrected chi connectivity index (χ4v) is 2.18. The molecule has 0 bridgehead atoms. The van der Waals surface area contributed by atoms with Gasteiger partial charge in [-0.1, -0.05) is 13.0 Å². The Morgan fingerprint density at radius 2 is 2.14 bits per heavy atom. The van der Waals surface area contributed by atoms with Gasteiger partial charge in [-0.15, -0.1) is 0 Å². The van der Waals surface area contributed by atoms with Crippen LogP contribution in [0.4, 0.5) is 4.39 Å². The Bertz CT molecular complexity index is 591. The second-order valence-corrected chi connectivity index (χ2v) is 5.45. The van der Waals surface area contributed by atoms with Gasteiger partial charge in [0.25, 0.3) is 5.91 Å². The zero-order chi connectivity index (χ0) is 15.5. The van der Waals surface area contributed by atoms with Gasteiger partial charge < -0.3 is 10.4 Å². The van der Waals surface area contributed by atoms with Crippen LogP contribution >= 0.6 is 0 Å². The van der Waals surface area contributed by atoms with E-state index in [0.29, 0.717) is 12.1 Å². The molecule has 1 aliphatic carbocycles. The van der Waals surface area contributed by atoms with Crippen molar-refractivity contribution in [3.8, 4) is 0 Å². The summed E-state index contributed by atoms with van der Waals surface area (Å²) in [5.74, 6) is -2.16. The molecule has 5 heteroatoms. The number of aliphatic carboxylic acids is 1. The highest BCUT2D eigenvalue weighted by Crippen LogP contribution is 2.47. The van der Waals surface area contributed by atoms with E-state index in [1.807, 2.05) is 0 Å². The summed E-state index contributed by atoms with van der Waals surface area (Å²) in [6.45, 7) is 2.63. The monoisotopic (exact) mass is 291 g/mol. The largest absolute Gasteiger partial charge is 0.478 e. The molecule has 0 aromatic heterocycles. The number of hydrogen-bond acceptors (Lipinski definition) is 2. The van der Waals surface area contributed by atoms with Gasteiger partial charge in [0.2, 0.25) is 0 Å². The molecule has 1 aromatic rings. The summed E-state index contributed by atoms with van der Waals surface area (Å²) in [6.07, 6.45) is 5.45. The normalized spacial score (nSPS) is 15.9. The van der Waals surface area contributed by atoms with Crippen molar-refractivity contribution in [3.63, 3.8) is 0 Å². The number of rotatable bonds is 6. The lowest BCUT2D eigenvalue weighted by atomic mass is 10.0. The van der Waals surface area contributed by atoms with Crippen LogP contribution in [-0.4, -0.2) is 23.5 Å². The molecule has 21 heavy (non-hydrogen) atoms. The molecule has 1 aliphatic rings. The molecule has 0 radical (unpaired) electrons. The van der Waals surface area contributed by atoms with Crippen LogP contribution in [0.25, 0.3) is 6.08 Å². The van der Waals surface area contributed by atoms with Gasteiger partial charge in [-0.2, -0.15) is 0 Å². The van der Waals surface area contributed by atoms with Gasteiger partial charge >= 0.3 is 5.97 Å². The third kappa shape index (κ3) is 3.90. The highest BCUT2D eigenvalue weighted by atomic mass is 19.1. The molecule has 1 fully saturated rings. The smallest absolute Gasteiger partial charge is 0.328 e. The summed E-state index contributed by atoms with van der Waals surface area (Å²) in [4.78, 5) is 22.5. The van der Waals surface area contributed by atoms with Crippen LogP contribution in [0.2, 0.25) is 0 Å². The van der Waals surface area contributed by atoms with Gasteiger partial charge in [0.1, 0.15) is 5.82 Å². The van der Waals surface area contributed by atoms with Crippen molar-refractivity contribution in [3.05, 3.63) is 41.2 Å². The first-order valence-electron chi connectivity index (χ1n) is 6.94. The third-order valence-corrected chi connectivity index (χ3v) is 3.98. The maximum absolute atomic E-state index is 13.7. The number of carboxylic acid groups (broad SMARTS) is 1. The molecule has 0 aliphatic heterocycles. The molecule has 112 valence electrons. The van der Waals surface area contributed by atoms with E-state index in [2.05, 4.69) is 12.2 Å². The maximum atomic E-state index is 13.7. The van der Waals surface area contributed by atoms with Crippen LogP contribution in [0.5, 0.6) is 0 Å². The van der Waals surface area contributed by atoms with Crippen molar-refractivity contribution < 1.29 is 19.1 Å². The second kappa shape index (κ2) is 6.08. The van der Waals surface area contributed by atoms with Gasteiger partial charge in [0.15, 0.2) is 0 Å². The molecule has 0 unspecified atom stereocenters. The van der Waals surface area contributed by atoms with E-state index in [9.17, 15) is 14.0 Å². The molecular weight excluding hydrogens is 273 g/mol. The average Bonchev–Trinajstić information content (AvgIpc) is 3.24. The van der Waals surface area contributed by atoms with Gasteiger partial charge in [-0.3, -0.25) is 4.79 Å². The number of amides is 1. The van der Waals surface area contributed by atoms with Crippen molar-refractivity contribution in [1.29, 1.82) is 0 Å². The predicted molar refractivity (Wildman–Crippen MR) is 77.4 cm³/mol. The molecule has 1 saturated carbocycles. The zero-order valence-electron chi connectivity index (χ0n) is 11.9. The molecule has 2 rings (SSSR count). The van der Waals surface area contributed by atoms with Crippen LogP contribution in [0.1, 0.15) is 42.1 Å². The van der Waals surface area contributed by atoms with Crippen molar-refractivity contribution in [1.82, 2.24) is 5.32 Å². The lowest BCUT2D eigenvalue weighted by Crippen LogP contribution is -2.30. The Morgan fingerprint density at radius 1 is 1.43 bits per heavy atom. The lowest BCUT2D eigenvalue weighted by molar-refractivity contribution is -0.131. The summed E-state index contributed by atoms with van der Waals surface area (Å²) < 4.78 is 13.7. The van der Waals surface area contributed by atoms with Crippen molar-refractivity contribution in [2.45, 2.75) is 26.2 Å². The molecule has 2 N–H and O–H groups in total. The number of halogens is 1. The number of nitrogens with one attached hydrogen (secondary N) is 1. The standard InChI is InChI=1S/C16H18FNO3/c1-2-16(7-8-16)10-18-15(21)12-9-11(3-5-13(12)17)4-6-14(19)20/h3-6,9H,2,7-8,10H2,1H3,(H,18,21)(H,19,20)/b6-4+. The van der Waals surface area contributed by atoms with E-state index in [4.69, 9.17) is 5.11 Å². The molecule has 1 aromatic carbocycles. The molecule has 0 heterocycles. The van der Waals surface area contributed by atoms with Crippen molar-refractivity contribution >= 4 is 18.0 Å². The Kier molecular flexibility index (Phi) is 4.40. The zero-order valence-corrected chi connectivity index (χ0v) is 11.9. The van der Waals surface area contributed by atoms with Gasteiger partial charge in [0, 0.05) is 12.6 Å². The van der Waals surface area contributed by atoms with E-state index >= 15 is 0 Å². The van der Waals surface area contributed by atoms with Crippen molar-refractivity contribution in [2.75, 3.05) is 6.54 Å². The lowest BCUT2D eigenvalue weighted by Gasteiger charge is -2.13. The SMILES string of the molecule is CCC1(CNC(=O)c2cc(/C=C/C(=O)O)ccc2F)CC1. The molecule has 0 atom stereocenters. The Balaban J connectivity index is 2.08. The highest BCUT2D eigenvalue weighted by Gasteiger charge is 2.40. The van der Waals surface area contributed by atoms with Gasteiger partial charge in [-0.25, -0.2) is 9.18 Å². The molecule has 4 nitrogen and oxygen atoms in total. The van der Waals surface area contributed by atoms with Crippen LogP contribution in [0.3, 0.4) is 0 Å². The summed E-state index contributed by atoms with van der Waals surface area (Å²) >= 11 is 0. The summed E-state index contributed by atoms with van der Waals surface area (Å²) in [7, 11) is 0. The minimum absolute atomic E-state index is 0.0607. The first kappa shape index (κ1) is 15.2. The number of benzene rings is 1. The fourth-order valence-electron chi connectivity index (χ4n) is 2.18. The summed E-state index contributed by atoms with van der Waals surface area (Å²) in [5, 5.41) is 11.3. The maximum Gasteiger partial charge on any atom is 0.328 e. The predicted octanol–water partition coefficient (Wildman–Crippen LogP) is 2.84. The summed E-state index contributed by atoms with van der Waals surface area (Å²) in [5.41, 5.74) is 0.600. The summed E-state index contributed by atoms with van der Waals surface area (Å²) in [6, 6.07) is 3.96. The topological polar surface area (TPSA) is 66.4 Å². The third-order valence-electron chi connectivity index (χ3n) is 3.98. The fraction of sp³-hybridized carbons (Fsp3) is 0.375. The Labute approximate surface area is 122 Å². The minimum Gasteiger partial charge on any atom is -0.478 e. The second-order valence-electron chi connectivity index (χ2n) is 5.45. The Morgan fingerprint density at radius 3 is 2.71 bits per heavy atom. The Hall–Kier alpha value is -2.17. The first-order chi connectivity index (χ1) is 9.96. The average molecular weight is 291 g/mol. The van der Waals surface area contributed by atoms with Gasteiger partial charge in [-0.05, 0) is 48.4 Å². The van der Waals surface area contributed by atoms with E-state index in [0.717, 1.165) is 25.3 Å². The van der Waals surface area contributed by atoms with Crippen LogP contribution in [-0.2, 0) is 4.79 Å². The number of carbonyl (C=O) groups excluding carboxylic acids is 1. The van der Waals surface area contributed by atoms with E-state index < -0.39 is 17.7 Å².